The van der Waals surface area contributed by atoms with Crippen LogP contribution in [0.3, 0.4) is 0 Å². The van der Waals surface area contributed by atoms with Crippen LogP contribution in [0.2, 0.25) is 0 Å². The summed E-state index contributed by atoms with van der Waals surface area (Å²) in [6.45, 7) is 3.55. The van der Waals surface area contributed by atoms with Crippen LogP contribution in [0.15, 0.2) is 41.8 Å². The van der Waals surface area contributed by atoms with E-state index in [1.807, 2.05) is 35.8 Å². The van der Waals surface area contributed by atoms with Crippen molar-refractivity contribution in [1.82, 2.24) is 14.5 Å². The first-order valence-electron chi connectivity index (χ1n) is 9.44. The molecule has 0 radical (unpaired) electrons. The van der Waals surface area contributed by atoms with Crippen molar-refractivity contribution in [3.8, 4) is 5.95 Å². The van der Waals surface area contributed by atoms with E-state index in [0.717, 1.165) is 53.3 Å². The minimum atomic E-state index is -0.442. The molecule has 1 aliphatic rings. The number of carbonyl (C=O) groups is 1. The summed E-state index contributed by atoms with van der Waals surface area (Å²) in [6, 6.07) is 11.6. The minimum absolute atomic E-state index is 0.442. The molecule has 7 nitrogen and oxygen atoms in total. The molecule has 4 heterocycles. The van der Waals surface area contributed by atoms with Gasteiger partial charge in [0.25, 0.3) is 0 Å². The van der Waals surface area contributed by atoms with Gasteiger partial charge in [-0.15, -0.1) is 11.3 Å². The fraction of sp³-hybridized carbons (Fsp3) is 0.190. The molecule has 4 N–H and O–H groups in total. The Hall–Kier alpha value is -3.39. The maximum atomic E-state index is 11.8. The molecule has 5 rings (SSSR count). The largest absolute Gasteiger partial charge is 0.369 e. The molecule has 0 saturated heterocycles. The van der Waals surface area contributed by atoms with Crippen molar-refractivity contribution in [2.75, 3.05) is 17.2 Å². The van der Waals surface area contributed by atoms with Gasteiger partial charge in [0, 0.05) is 33.6 Å². The first-order chi connectivity index (χ1) is 14.1. The molecular formula is C21H20N6OS. The summed E-state index contributed by atoms with van der Waals surface area (Å²) in [5.74, 6) is 1.83. The van der Waals surface area contributed by atoms with E-state index in [4.69, 9.17) is 15.7 Å². The Kier molecular flexibility index (Phi) is 4.21. The summed E-state index contributed by atoms with van der Waals surface area (Å²) < 4.78 is 1.97. The zero-order valence-electron chi connectivity index (χ0n) is 15.9. The van der Waals surface area contributed by atoms with Crippen LogP contribution in [0.5, 0.6) is 0 Å². The molecule has 146 valence electrons. The van der Waals surface area contributed by atoms with Crippen LogP contribution in [0.25, 0.3) is 16.9 Å². The smallest absolute Gasteiger partial charge is 0.249 e. The van der Waals surface area contributed by atoms with Crippen molar-refractivity contribution in [3.63, 3.8) is 0 Å². The third kappa shape index (κ3) is 3.01. The third-order valence-electron chi connectivity index (χ3n) is 5.17. The van der Waals surface area contributed by atoms with Crippen molar-refractivity contribution in [2.24, 2.45) is 5.73 Å². The van der Waals surface area contributed by atoms with E-state index in [2.05, 4.69) is 22.1 Å². The summed E-state index contributed by atoms with van der Waals surface area (Å²) >= 11 is 1.72. The molecule has 3 aromatic heterocycles. The Labute approximate surface area is 171 Å². The highest BCUT2D eigenvalue weighted by Crippen LogP contribution is 2.31. The fourth-order valence-electron chi connectivity index (χ4n) is 3.83. The summed E-state index contributed by atoms with van der Waals surface area (Å²) in [7, 11) is 0. The number of fused-ring (bicyclic) bond motifs is 2. The van der Waals surface area contributed by atoms with Crippen LogP contribution >= 0.6 is 11.3 Å². The Morgan fingerprint density at radius 3 is 3.00 bits per heavy atom. The number of hydrogen-bond acceptors (Lipinski definition) is 6. The van der Waals surface area contributed by atoms with Crippen molar-refractivity contribution in [1.29, 1.82) is 0 Å². The SMILES string of the molecule is Cc1cc2c(C(N)=O)cccc2n1-c1nc2c(c(NCc3cccs3)n1)CCN2. The second-order valence-corrected chi connectivity index (χ2v) is 8.07. The number of amides is 1. The van der Waals surface area contributed by atoms with Crippen molar-refractivity contribution < 1.29 is 4.79 Å². The van der Waals surface area contributed by atoms with Crippen molar-refractivity contribution in [3.05, 3.63) is 63.5 Å². The van der Waals surface area contributed by atoms with Gasteiger partial charge < -0.3 is 16.4 Å². The van der Waals surface area contributed by atoms with Gasteiger partial charge in [-0.05, 0) is 43.0 Å². The number of aromatic nitrogens is 3. The molecule has 8 heteroatoms. The number of rotatable bonds is 5. The third-order valence-corrected chi connectivity index (χ3v) is 6.04. The summed E-state index contributed by atoms with van der Waals surface area (Å²) in [5.41, 5.74) is 8.97. The molecule has 0 unspecified atom stereocenters. The van der Waals surface area contributed by atoms with E-state index >= 15 is 0 Å². The molecule has 1 aliphatic heterocycles. The van der Waals surface area contributed by atoms with Gasteiger partial charge in [-0.25, -0.2) is 0 Å². The van der Waals surface area contributed by atoms with Crippen LogP contribution in [-0.2, 0) is 13.0 Å². The number of nitrogens with one attached hydrogen (secondary N) is 2. The summed E-state index contributed by atoms with van der Waals surface area (Å²) in [5, 5.41) is 9.71. The topological polar surface area (TPSA) is 97.9 Å². The number of hydrogen-bond donors (Lipinski definition) is 3. The highest BCUT2D eigenvalue weighted by molar-refractivity contribution is 7.09. The highest BCUT2D eigenvalue weighted by atomic mass is 32.1. The van der Waals surface area contributed by atoms with E-state index in [1.54, 1.807) is 17.4 Å². The highest BCUT2D eigenvalue weighted by Gasteiger charge is 2.22. The number of primary amides is 1. The minimum Gasteiger partial charge on any atom is -0.369 e. The van der Waals surface area contributed by atoms with Gasteiger partial charge in [0.05, 0.1) is 12.1 Å². The Balaban J connectivity index is 1.63. The van der Waals surface area contributed by atoms with E-state index in [0.29, 0.717) is 11.5 Å². The lowest BCUT2D eigenvalue weighted by Gasteiger charge is -2.13. The molecule has 4 aromatic rings. The molecule has 0 spiro atoms. The summed E-state index contributed by atoms with van der Waals surface area (Å²) in [6.07, 6.45) is 0.889. The monoisotopic (exact) mass is 404 g/mol. The van der Waals surface area contributed by atoms with Crippen molar-refractivity contribution in [2.45, 2.75) is 19.9 Å². The predicted molar refractivity (Wildman–Crippen MR) is 116 cm³/mol. The molecule has 0 fully saturated rings. The molecule has 0 aliphatic carbocycles. The zero-order valence-corrected chi connectivity index (χ0v) is 16.7. The average Bonchev–Trinajstić information content (AvgIpc) is 3.44. The van der Waals surface area contributed by atoms with Gasteiger partial charge in [0.1, 0.15) is 11.6 Å². The Morgan fingerprint density at radius 1 is 1.31 bits per heavy atom. The summed E-state index contributed by atoms with van der Waals surface area (Å²) in [4.78, 5) is 22.7. The molecule has 0 atom stereocenters. The van der Waals surface area contributed by atoms with E-state index < -0.39 is 5.91 Å². The van der Waals surface area contributed by atoms with Gasteiger partial charge in [0.2, 0.25) is 11.9 Å². The number of benzene rings is 1. The lowest BCUT2D eigenvalue weighted by atomic mass is 10.1. The maximum absolute atomic E-state index is 11.8. The first kappa shape index (κ1) is 17.7. The van der Waals surface area contributed by atoms with Crippen LogP contribution in [0, 0.1) is 6.92 Å². The van der Waals surface area contributed by atoms with Gasteiger partial charge >= 0.3 is 0 Å². The molecular weight excluding hydrogens is 384 g/mol. The first-order valence-corrected chi connectivity index (χ1v) is 10.3. The Morgan fingerprint density at radius 2 is 2.21 bits per heavy atom. The van der Waals surface area contributed by atoms with Crippen LogP contribution < -0.4 is 16.4 Å². The van der Waals surface area contributed by atoms with Gasteiger partial charge in [0.15, 0.2) is 0 Å². The lowest BCUT2D eigenvalue weighted by Crippen LogP contribution is -2.11. The zero-order chi connectivity index (χ0) is 20.0. The van der Waals surface area contributed by atoms with Gasteiger partial charge in [-0.1, -0.05) is 12.1 Å². The van der Waals surface area contributed by atoms with Crippen LogP contribution in [0.4, 0.5) is 11.6 Å². The second kappa shape index (κ2) is 6.89. The number of aryl methyl sites for hydroxylation is 1. The van der Waals surface area contributed by atoms with Gasteiger partial charge in [-0.3, -0.25) is 9.36 Å². The Bertz CT molecular complexity index is 1230. The van der Waals surface area contributed by atoms with Crippen LogP contribution in [-0.4, -0.2) is 27.0 Å². The molecule has 1 aromatic carbocycles. The van der Waals surface area contributed by atoms with E-state index in [1.165, 1.54) is 4.88 Å². The second-order valence-electron chi connectivity index (χ2n) is 7.03. The number of thiophene rings is 1. The van der Waals surface area contributed by atoms with Gasteiger partial charge in [-0.2, -0.15) is 9.97 Å². The quantitative estimate of drug-likeness (QED) is 0.473. The number of nitrogens with zero attached hydrogens (tertiary/aromatic N) is 3. The molecule has 0 bridgehead atoms. The van der Waals surface area contributed by atoms with E-state index in [-0.39, 0.29) is 0 Å². The predicted octanol–water partition coefficient (Wildman–Crippen LogP) is 3.47. The fourth-order valence-corrected chi connectivity index (χ4v) is 4.48. The normalized spacial score (nSPS) is 12.7. The molecule has 1 amide bonds. The number of carbonyl (C=O) groups excluding carboxylic acids is 1. The number of nitrogens with two attached hydrogens (primary N) is 1. The van der Waals surface area contributed by atoms with Crippen molar-refractivity contribution >= 4 is 39.8 Å². The average molecular weight is 404 g/mol. The number of anilines is 2. The van der Waals surface area contributed by atoms with Crippen LogP contribution in [0.1, 0.15) is 26.5 Å². The van der Waals surface area contributed by atoms with E-state index in [9.17, 15) is 4.79 Å². The standard InChI is InChI=1S/C21H20N6OS/c1-12-10-16-14(18(22)28)5-2-6-17(16)27(12)21-25-19-15(7-8-23-19)20(26-21)24-11-13-4-3-9-29-13/h2-6,9-10H,7-8,11H2,1H3,(H2,22,28)(H2,23,24,25,26). The molecule has 29 heavy (non-hydrogen) atoms. The lowest BCUT2D eigenvalue weighted by molar-refractivity contribution is 0.100. The molecule has 0 saturated carbocycles. The maximum Gasteiger partial charge on any atom is 0.249 e.